The minimum atomic E-state index is -0.141. The molecule has 0 spiro atoms. The zero-order valence-electron chi connectivity index (χ0n) is 35.9. The molecule has 0 N–H and O–H groups in total. The highest BCUT2D eigenvalue weighted by Crippen LogP contribution is 2.53. The minimum absolute atomic E-state index is 0.141. The molecule has 0 fully saturated rings. The van der Waals surface area contributed by atoms with E-state index in [2.05, 4.69) is 229 Å². The summed E-state index contributed by atoms with van der Waals surface area (Å²) in [4.78, 5) is 11.0. The van der Waals surface area contributed by atoms with Crippen molar-refractivity contribution in [3.8, 4) is 45.0 Å². The van der Waals surface area contributed by atoms with E-state index in [1.807, 2.05) is 0 Å². The van der Waals surface area contributed by atoms with E-state index in [9.17, 15) is 0 Å². The lowest BCUT2D eigenvalue weighted by Crippen LogP contribution is -2.14. The van der Waals surface area contributed by atoms with Gasteiger partial charge in [0.15, 0.2) is 0 Å². The van der Waals surface area contributed by atoms with Crippen molar-refractivity contribution in [1.29, 1.82) is 0 Å². The number of benzene rings is 10. The van der Waals surface area contributed by atoms with Gasteiger partial charge in [-0.1, -0.05) is 178 Å². The fraction of sp³-hybridized carbons (Fsp3) is 0.0492. The lowest BCUT2D eigenvalue weighted by molar-refractivity contribution is 0.660. The molecule has 0 saturated heterocycles. The Morgan fingerprint density at radius 1 is 0.400 bits per heavy atom. The predicted molar refractivity (Wildman–Crippen MR) is 272 cm³/mol. The van der Waals surface area contributed by atoms with Crippen LogP contribution in [0.4, 0.5) is 0 Å². The van der Waals surface area contributed by atoms with Crippen molar-refractivity contribution >= 4 is 76.2 Å². The van der Waals surface area contributed by atoms with E-state index in [0.717, 1.165) is 50.3 Å². The maximum absolute atomic E-state index is 5.49. The lowest BCUT2D eigenvalue weighted by atomic mass is 9.82. The Morgan fingerprint density at radius 3 is 1.85 bits per heavy atom. The van der Waals surface area contributed by atoms with Crippen molar-refractivity contribution in [1.82, 2.24) is 19.1 Å². The summed E-state index contributed by atoms with van der Waals surface area (Å²) in [6, 6.07) is 75.2. The molecule has 13 aromatic rings. The van der Waals surface area contributed by atoms with Gasteiger partial charge in [0.25, 0.3) is 0 Å². The van der Waals surface area contributed by atoms with E-state index in [-0.39, 0.29) is 5.41 Å². The van der Waals surface area contributed by atoms with E-state index < -0.39 is 0 Å². The van der Waals surface area contributed by atoms with Crippen LogP contribution < -0.4 is 0 Å². The van der Waals surface area contributed by atoms with Crippen LogP contribution in [0.3, 0.4) is 0 Å². The summed E-state index contributed by atoms with van der Waals surface area (Å²) in [5.74, 6) is 0. The molecule has 0 unspecified atom stereocenters. The smallest absolute Gasteiger partial charge is 0.0979 e. The molecule has 4 heteroatoms. The standard InChI is InChI=1S/C61H40N4/c1-61(2)48-27-10-7-24-45(48)55-47(26-16-28-49(55)61)58-57(62-50-29-11-12-30-51(50)63-58)39-19-15-20-40(35-39)64-53-32-14-9-25-46(53)56-54(64)36-38-18-4-6-22-42(38)60(56)65-52-31-13-8-23-43(52)44-34-33-37-17-3-5-21-41(37)59(44)65/h3-36H,1-2H3. The van der Waals surface area contributed by atoms with Crippen LogP contribution >= 0.6 is 0 Å². The van der Waals surface area contributed by atoms with Gasteiger partial charge in [0.05, 0.1) is 50.2 Å². The van der Waals surface area contributed by atoms with Gasteiger partial charge in [0.2, 0.25) is 0 Å². The zero-order chi connectivity index (χ0) is 43.0. The Bertz CT molecular complexity index is 4160. The highest BCUT2D eigenvalue weighted by Gasteiger charge is 2.37. The molecule has 0 bridgehead atoms. The molecule has 3 aromatic heterocycles. The monoisotopic (exact) mass is 828 g/mol. The van der Waals surface area contributed by atoms with Gasteiger partial charge < -0.3 is 9.13 Å². The first-order valence-electron chi connectivity index (χ1n) is 22.5. The second kappa shape index (κ2) is 13.3. The second-order valence-electron chi connectivity index (χ2n) is 18.1. The van der Waals surface area contributed by atoms with E-state index in [1.165, 1.54) is 82.1 Å². The summed E-state index contributed by atoms with van der Waals surface area (Å²) in [7, 11) is 0. The number of hydrogen-bond donors (Lipinski definition) is 0. The third-order valence-corrected chi connectivity index (χ3v) is 14.3. The third-order valence-electron chi connectivity index (χ3n) is 14.3. The fourth-order valence-electron chi connectivity index (χ4n) is 11.4. The number of aromatic nitrogens is 4. The normalized spacial score (nSPS) is 13.2. The maximum atomic E-state index is 5.49. The van der Waals surface area contributed by atoms with Gasteiger partial charge in [-0.25, -0.2) is 9.97 Å². The topological polar surface area (TPSA) is 35.6 Å². The highest BCUT2D eigenvalue weighted by atomic mass is 15.0. The quantitative estimate of drug-likeness (QED) is 0.177. The van der Waals surface area contributed by atoms with Crippen molar-refractivity contribution in [3.05, 3.63) is 217 Å². The molecule has 65 heavy (non-hydrogen) atoms. The number of nitrogens with zero attached hydrogens (tertiary/aromatic N) is 4. The number of rotatable bonds is 4. The molecule has 14 rings (SSSR count). The van der Waals surface area contributed by atoms with Gasteiger partial charge in [0.1, 0.15) is 0 Å². The summed E-state index contributed by atoms with van der Waals surface area (Å²) >= 11 is 0. The molecule has 0 saturated carbocycles. The van der Waals surface area contributed by atoms with Crippen molar-refractivity contribution in [2.24, 2.45) is 0 Å². The van der Waals surface area contributed by atoms with Crippen molar-refractivity contribution < 1.29 is 0 Å². The molecule has 304 valence electrons. The van der Waals surface area contributed by atoms with E-state index in [0.29, 0.717) is 0 Å². The van der Waals surface area contributed by atoms with Gasteiger partial charge in [-0.3, -0.25) is 0 Å². The first-order chi connectivity index (χ1) is 32.0. The molecule has 0 aliphatic heterocycles. The van der Waals surface area contributed by atoms with Crippen molar-refractivity contribution in [3.63, 3.8) is 0 Å². The van der Waals surface area contributed by atoms with Crippen LogP contribution in [0.5, 0.6) is 0 Å². The van der Waals surface area contributed by atoms with Crippen LogP contribution in [0.25, 0.3) is 121 Å². The van der Waals surface area contributed by atoms with Crippen LogP contribution in [0.2, 0.25) is 0 Å². The van der Waals surface area contributed by atoms with Crippen LogP contribution in [0.1, 0.15) is 25.0 Å². The molecule has 0 radical (unpaired) electrons. The molecular weight excluding hydrogens is 789 g/mol. The van der Waals surface area contributed by atoms with Gasteiger partial charge in [-0.05, 0) is 75.5 Å². The van der Waals surface area contributed by atoms with Crippen molar-refractivity contribution in [2.75, 3.05) is 0 Å². The van der Waals surface area contributed by atoms with Crippen LogP contribution in [-0.2, 0) is 5.41 Å². The SMILES string of the molecule is CC1(C)c2ccccc2-c2c(-c3nc4ccccc4nc3-c3cccc(-n4c5ccccc5c5c(-n6c7ccccc7c7ccc8ccccc8c76)c6ccccc6cc54)c3)cccc21. The van der Waals surface area contributed by atoms with Gasteiger partial charge in [0, 0.05) is 54.5 Å². The minimum Gasteiger partial charge on any atom is -0.309 e. The summed E-state index contributed by atoms with van der Waals surface area (Å²) < 4.78 is 5.02. The Kier molecular flexibility index (Phi) is 7.42. The zero-order valence-corrected chi connectivity index (χ0v) is 35.9. The van der Waals surface area contributed by atoms with Crippen molar-refractivity contribution in [2.45, 2.75) is 19.3 Å². The Hall–Kier alpha value is -8.34. The van der Waals surface area contributed by atoms with Gasteiger partial charge >= 0.3 is 0 Å². The van der Waals surface area contributed by atoms with E-state index >= 15 is 0 Å². The summed E-state index contributed by atoms with van der Waals surface area (Å²) in [6.45, 7) is 4.67. The van der Waals surface area contributed by atoms with Gasteiger partial charge in [-0.2, -0.15) is 0 Å². The van der Waals surface area contributed by atoms with Crippen LogP contribution in [0.15, 0.2) is 206 Å². The molecular formula is C61H40N4. The first-order valence-corrected chi connectivity index (χ1v) is 22.5. The second-order valence-corrected chi connectivity index (χ2v) is 18.1. The summed E-state index contributed by atoms with van der Waals surface area (Å²) in [5, 5.41) is 9.77. The Labute approximate surface area is 375 Å². The molecule has 1 aliphatic rings. The molecule has 4 nitrogen and oxygen atoms in total. The number of para-hydroxylation sites is 4. The van der Waals surface area contributed by atoms with E-state index in [4.69, 9.17) is 9.97 Å². The average Bonchev–Trinajstić information content (AvgIpc) is 3.96. The lowest BCUT2D eigenvalue weighted by Gasteiger charge is -2.21. The Morgan fingerprint density at radius 2 is 1.02 bits per heavy atom. The molecule has 1 aliphatic carbocycles. The molecule has 0 amide bonds. The summed E-state index contributed by atoms with van der Waals surface area (Å²) in [5.41, 5.74) is 17.6. The van der Waals surface area contributed by atoms with Crippen LogP contribution in [-0.4, -0.2) is 19.1 Å². The Balaban J connectivity index is 1.07. The average molecular weight is 829 g/mol. The largest absolute Gasteiger partial charge is 0.309 e. The summed E-state index contributed by atoms with van der Waals surface area (Å²) in [6.07, 6.45) is 0. The first kappa shape index (κ1) is 36.2. The van der Waals surface area contributed by atoms with E-state index in [1.54, 1.807) is 0 Å². The van der Waals surface area contributed by atoms with Gasteiger partial charge in [-0.15, -0.1) is 0 Å². The maximum Gasteiger partial charge on any atom is 0.0979 e. The predicted octanol–water partition coefficient (Wildman–Crippen LogP) is 15.8. The fourth-order valence-corrected chi connectivity index (χ4v) is 11.4. The third kappa shape index (κ3) is 5.02. The van der Waals surface area contributed by atoms with Crippen LogP contribution in [0, 0.1) is 0 Å². The number of fused-ring (bicyclic) bond motifs is 13. The molecule has 0 atom stereocenters. The molecule has 10 aromatic carbocycles. The molecule has 3 heterocycles. The highest BCUT2D eigenvalue weighted by molar-refractivity contribution is 6.24. The number of hydrogen-bond acceptors (Lipinski definition) is 2.